The van der Waals surface area contributed by atoms with Gasteiger partial charge in [0.2, 0.25) is 0 Å². The first-order chi connectivity index (χ1) is 8.42. The lowest BCUT2D eigenvalue weighted by molar-refractivity contribution is 0.243. The van der Waals surface area contributed by atoms with E-state index >= 15 is 0 Å². The van der Waals surface area contributed by atoms with Gasteiger partial charge in [-0.1, -0.05) is 6.42 Å². The molecule has 0 radical (unpaired) electrons. The highest BCUT2D eigenvalue weighted by molar-refractivity contribution is 5.39. The van der Waals surface area contributed by atoms with E-state index in [4.69, 9.17) is 0 Å². The number of nitrogens with zero attached hydrogens (tertiary/aromatic N) is 2. The molecule has 0 spiro atoms. The van der Waals surface area contributed by atoms with E-state index in [0.717, 1.165) is 29.4 Å². The molecule has 0 saturated heterocycles. The summed E-state index contributed by atoms with van der Waals surface area (Å²) in [5, 5.41) is 3.66. The van der Waals surface area contributed by atoms with E-state index in [9.17, 15) is 0 Å². The minimum absolute atomic E-state index is 0.686. The van der Waals surface area contributed by atoms with Crippen LogP contribution >= 0.6 is 0 Å². The summed E-state index contributed by atoms with van der Waals surface area (Å²) in [5.41, 5.74) is 1.10. The third-order valence-corrected chi connectivity index (χ3v) is 5.34. The minimum Gasteiger partial charge on any atom is -0.380 e. The third kappa shape index (κ3) is 1.48. The topological polar surface area (TPSA) is 37.8 Å². The predicted octanol–water partition coefficient (Wildman–Crippen LogP) is 2.71. The van der Waals surface area contributed by atoms with Gasteiger partial charge >= 0.3 is 0 Å². The summed E-state index contributed by atoms with van der Waals surface area (Å²) >= 11 is 0. The molecule has 1 aromatic rings. The van der Waals surface area contributed by atoms with E-state index in [-0.39, 0.29) is 0 Å². The normalized spacial score (nSPS) is 42.7. The van der Waals surface area contributed by atoms with Crippen LogP contribution in [0.4, 0.5) is 5.69 Å². The van der Waals surface area contributed by atoms with Crippen molar-refractivity contribution < 1.29 is 0 Å². The number of aromatic nitrogens is 2. The lowest BCUT2D eigenvalue weighted by Crippen LogP contribution is -2.33. The second-order valence-corrected chi connectivity index (χ2v) is 6.03. The van der Waals surface area contributed by atoms with E-state index in [2.05, 4.69) is 15.3 Å². The maximum Gasteiger partial charge on any atom is 0.115 e. The molecule has 3 saturated carbocycles. The van der Waals surface area contributed by atoms with Crippen molar-refractivity contribution in [3.05, 3.63) is 18.7 Å². The average molecular weight is 229 g/mol. The average Bonchev–Trinajstić information content (AvgIpc) is 3.01. The Balaban J connectivity index is 1.51. The second kappa shape index (κ2) is 3.69. The van der Waals surface area contributed by atoms with Gasteiger partial charge in [0.25, 0.3) is 0 Å². The van der Waals surface area contributed by atoms with Gasteiger partial charge in [-0.2, -0.15) is 0 Å². The summed E-state index contributed by atoms with van der Waals surface area (Å²) in [4.78, 5) is 8.16. The van der Waals surface area contributed by atoms with Crippen molar-refractivity contribution in [3.63, 3.8) is 0 Å². The largest absolute Gasteiger partial charge is 0.380 e. The predicted molar refractivity (Wildman–Crippen MR) is 66.5 cm³/mol. The van der Waals surface area contributed by atoms with Crippen LogP contribution in [-0.2, 0) is 0 Å². The minimum atomic E-state index is 0.686. The molecule has 3 fully saturated rings. The first-order valence-electron chi connectivity index (χ1n) is 6.93. The van der Waals surface area contributed by atoms with Crippen molar-refractivity contribution in [1.82, 2.24) is 9.97 Å². The van der Waals surface area contributed by atoms with Crippen molar-refractivity contribution in [3.8, 4) is 0 Å². The molecule has 17 heavy (non-hydrogen) atoms. The van der Waals surface area contributed by atoms with Crippen molar-refractivity contribution in [2.24, 2.45) is 23.7 Å². The Morgan fingerprint density at radius 3 is 2.71 bits per heavy atom. The molecular weight excluding hydrogens is 210 g/mol. The summed E-state index contributed by atoms with van der Waals surface area (Å²) in [6, 6.07) is 0.686. The molecule has 4 rings (SSSR count). The van der Waals surface area contributed by atoms with Crippen LogP contribution in [0.5, 0.6) is 0 Å². The molecule has 3 aliphatic carbocycles. The van der Waals surface area contributed by atoms with Gasteiger partial charge in [0.1, 0.15) is 6.33 Å². The van der Waals surface area contributed by atoms with Gasteiger partial charge in [0.05, 0.1) is 18.1 Å². The summed E-state index contributed by atoms with van der Waals surface area (Å²) in [7, 11) is 0. The van der Waals surface area contributed by atoms with Crippen molar-refractivity contribution in [1.29, 1.82) is 0 Å². The van der Waals surface area contributed by atoms with Gasteiger partial charge in [-0.25, -0.2) is 9.97 Å². The quantitative estimate of drug-likeness (QED) is 0.847. The Morgan fingerprint density at radius 1 is 1.00 bits per heavy atom. The Labute approximate surface area is 102 Å². The zero-order valence-electron chi connectivity index (χ0n) is 10.0. The zero-order valence-corrected chi connectivity index (χ0v) is 10.0. The lowest BCUT2D eigenvalue weighted by Gasteiger charge is -2.32. The molecular formula is C14H19N3. The highest BCUT2D eigenvalue weighted by Crippen LogP contribution is 2.59. The van der Waals surface area contributed by atoms with Gasteiger partial charge in [-0.3, -0.25) is 0 Å². The fourth-order valence-corrected chi connectivity index (χ4v) is 4.82. The number of fused-ring (bicyclic) bond motifs is 5. The lowest BCUT2D eigenvalue weighted by atomic mass is 9.79. The monoisotopic (exact) mass is 229 g/mol. The van der Waals surface area contributed by atoms with E-state index in [1.165, 1.54) is 32.1 Å². The van der Waals surface area contributed by atoms with Crippen molar-refractivity contribution >= 4 is 5.69 Å². The van der Waals surface area contributed by atoms with Gasteiger partial charge in [-0.15, -0.1) is 0 Å². The fraction of sp³-hybridized carbons (Fsp3) is 0.714. The van der Waals surface area contributed by atoms with Gasteiger partial charge < -0.3 is 5.32 Å². The Bertz CT molecular complexity index is 405. The standard InChI is InChI=1S/C14H19N3/c1-2-11-9-4-13(12(11)3-1)14(5-9)17-10-6-15-8-16-7-10/h6-9,11-14,17H,1-5H2. The van der Waals surface area contributed by atoms with E-state index < -0.39 is 0 Å². The van der Waals surface area contributed by atoms with Gasteiger partial charge in [-0.05, 0) is 49.4 Å². The van der Waals surface area contributed by atoms with Crippen LogP contribution in [0, 0.1) is 23.7 Å². The summed E-state index contributed by atoms with van der Waals surface area (Å²) in [6.45, 7) is 0. The number of nitrogens with one attached hydrogen (secondary N) is 1. The Hall–Kier alpha value is -1.12. The summed E-state index contributed by atoms with van der Waals surface area (Å²) < 4.78 is 0. The van der Waals surface area contributed by atoms with E-state index in [0.29, 0.717) is 6.04 Å². The van der Waals surface area contributed by atoms with Crippen LogP contribution in [0.25, 0.3) is 0 Å². The van der Waals surface area contributed by atoms with Crippen LogP contribution < -0.4 is 5.32 Å². The number of hydrogen-bond donors (Lipinski definition) is 1. The molecule has 90 valence electrons. The second-order valence-electron chi connectivity index (χ2n) is 6.03. The molecule has 0 amide bonds. The summed E-state index contributed by atoms with van der Waals surface area (Å²) in [6.07, 6.45) is 12.7. The van der Waals surface area contributed by atoms with Crippen LogP contribution in [0.1, 0.15) is 32.1 Å². The van der Waals surface area contributed by atoms with Crippen LogP contribution in [0.15, 0.2) is 18.7 Å². The molecule has 1 N–H and O–H groups in total. The summed E-state index contributed by atoms with van der Waals surface area (Å²) in [5.74, 6) is 4.03. The van der Waals surface area contributed by atoms with Crippen molar-refractivity contribution in [2.75, 3.05) is 5.32 Å². The van der Waals surface area contributed by atoms with Crippen molar-refractivity contribution in [2.45, 2.75) is 38.1 Å². The first kappa shape index (κ1) is 9.86. The highest BCUT2D eigenvalue weighted by Gasteiger charge is 2.53. The molecule has 2 bridgehead atoms. The third-order valence-electron chi connectivity index (χ3n) is 5.34. The molecule has 3 heteroatoms. The van der Waals surface area contributed by atoms with Crippen LogP contribution in [-0.4, -0.2) is 16.0 Å². The van der Waals surface area contributed by atoms with Crippen LogP contribution in [0.3, 0.4) is 0 Å². The first-order valence-corrected chi connectivity index (χ1v) is 6.93. The number of hydrogen-bond acceptors (Lipinski definition) is 3. The highest BCUT2D eigenvalue weighted by atomic mass is 15.0. The van der Waals surface area contributed by atoms with Gasteiger partial charge in [0, 0.05) is 6.04 Å². The number of rotatable bonds is 2. The molecule has 3 aliphatic rings. The molecule has 5 atom stereocenters. The molecule has 5 unspecified atom stereocenters. The SMILES string of the molecule is c1ncc(NC2CC3CC2C2CCCC32)cn1. The van der Waals surface area contributed by atoms with E-state index in [1.54, 1.807) is 6.33 Å². The Morgan fingerprint density at radius 2 is 1.82 bits per heavy atom. The molecule has 1 aromatic heterocycles. The van der Waals surface area contributed by atoms with Crippen LogP contribution in [0.2, 0.25) is 0 Å². The number of anilines is 1. The maximum absolute atomic E-state index is 4.08. The Kier molecular flexibility index (Phi) is 2.14. The van der Waals surface area contributed by atoms with Gasteiger partial charge in [0.15, 0.2) is 0 Å². The molecule has 0 aromatic carbocycles. The smallest absolute Gasteiger partial charge is 0.115 e. The fourth-order valence-electron chi connectivity index (χ4n) is 4.82. The van der Waals surface area contributed by atoms with E-state index in [1.807, 2.05) is 12.4 Å². The molecule has 1 heterocycles. The maximum atomic E-state index is 4.08. The molecule has 3 nitrogen and oxygen atoms in total. The molecule has 0 aliphatic heterocycles. The zero-order chi connectivity index (χ0) is 11.2.